The van der Waals surface area contributed by atoms with Crippen molar-refractivity contribution in [1.29, 1.82) is 0 Å². The van der Waals surface area contributed by atoms with E-state index >= 15 is 0 Å². The lowest BCUT2D eigenvalue weighted by Crippen LogP contribution is -2.05. The molecule has 18 heavy (non-hydrogen) atoms. The third-order valence-electron chi connectivity index (χ3n) is 2.57. The molecule has 0 aromatic heterocycles. The number of methoxy groups -OCH3 is 1. The maximum atomic E-state index is 12.3. The Morgan fingerprint density at radius 3 is 2.56 bits per heavy atom. The van der Waals surface area contributed by atoms with Crippen molar-refractivity contribution in [2.45, 2.75) is 0 Å². The van der Waals surface area contributed by atoms with Gasteiger partial charge in [0.05, 0.1) is 23.3 Å². The van der Waals surface area contributed by atoms with Gasteiger partial charge in [0.15, 0.2) is 0 Å². The quantitative estimate of drug-likeness (QED) is 0.864. The number of rotatable bonds is 3. The molecule has 0 heterocycles. The van der Waals surface area contributed by atoms with Gasteiger partial charge >= 0.3 is 0 Å². The second-order valence-electron chi connectivity index (χ2n) is 3.66. The van der Waals surface area contributed by atoms with Gasteiger partial charge in [-0.1, -0.05) is 29.8 Å². The fourth-order valence-corrected chi connectivity index (χ4v) is 1.95. The minimum Gasteiger partial charge on any atom is -0.507 e. The Morgan fingerprint density at radius 2 is 1.89 bits per heavy atom. The van der Waals surface area contributed by atoms with E-state index in [0.29, 0.717) is 10.8 Å². The van der Waals surface area contributed by atoms with Crippen molar-refractivity contribution in [3.8, 4) is 11.5 Å². The molecular formula is C14H11ClO3. The molecular weight excluding hydrogens is 252 g/mol. The van der Waals surface area contributed by atoms with Crippen LogP contribution in [0.5, 0.6) is 11.5 Å². The van der Waals surface area contributed by atoms with Crippen LogP contribution in [0.3, 0.4) is 0 Å². The van der Waals surface area contributed by atoms with Crippen molar-refractivity contribution in [2.75, 3.05) is 7.11 Å². The van der Waals surface area contributed by atoms with Gasteiger partial charge in [-0.2, -0.15) is 0 Å². The first-order chi connectivity index (χ1) is 8.65. The molecule has 0 bridgehead atoms. The Kier molecular flexibility index (Phi) is 3.53. The van der Waals surface area contributed by atoms with Gasteiger partial charge in [-0.3, -0.25) is 4.79 Å². The maximum Gasteiger partial charge on any atom is 0.201 e. The van der Waals surface area contributed by atoms with Crippen LogP contribution in [0.1, 0.15) is 15.9 Å². The van der Waals surface area contributed by atoms with Crippen LogP contribution >= 0.6 is 11.6 Å². The van der Waals surface area contributed by atoms with E-state index in [4.69, 9.17) is 16.3 Å². The number of hydrogen-bond acceptors (Lipinski definition) is 3. The molecule has 1 N–H and O–H groups in total. The standard InChI is InChI=1S/C14H11ClO3/c1-18-12-8-4-6-10(15)13(12)14(17)9-5-2-3-7-11(9)16/h2-8,16H,1H3. The summed E-state index contributed by atoms with van der Waals surface area (Å²) in [6, 6.07) is 11.3. The Bertz CT molecular complexity index is 593. The molecule has 0 unspecified atom stereocenters. The maximum absolute atomic E-state index is 12.3. The summed E-state index contributed by atoms with van der Waals surface area (Å²) < 4.78 is 5.12. The van der Waals surface area contributed by atoms with Gasteiger partial charge in [-0.15, -0.1) is 0 Å². The van der Waals surface area contributed by atoms with Gasteiger partial charge in [-0.25, -0.2) is 0 Å². The van der Waals surface area contributed by atoms with Crippen LogP contribution in [-0.4, -0.2) is 18.0 Å². The van der Waals surface area contributed by atoms with E-state index in [1.54, 1.807) is 36.4 Å². The highest BCUT2D eigenvalue weighted by Gasteiger charge is 2.20. The number of carbonyl (C=O) groups is 1. The molecule has 0 spiro atoms. The normalized spacial score (nSPS) is 10.1. The molecule has 3 nitrogen and oxygen atoms in total. The zero-order chi connectivity index (χ0) is 13.1. The number of halogens is 1. The average Bonchev–Trinajstić information content (AvgIpc) is 2.38. The highest BCUT2D eigenvalue weighted by atomic mass is 35.5. The molecule has 0 saturated heterocycles. The molecule has 0 radical (unpaired) electrons. The minimum atomic E-state index is -0.365. The van der Waals surface area contributed by atoms with E-state index in [1.165, 1.54) is 13.2 Å². The van der Waals surface area contributed by atoms with Crippen molar-refractivity contribution < 1.29 is 14.6 Å². The smallest absolute Gasteiger partial charge is 0.201 e. The first-order valence-electron chi connectivity index (χ1n) is 5.30. The topological polar surface area (TPSA) is 46.5 Å². The molecule has 2 aromatic carbocycles. The SMILES string of the molecule is COc1cccc(Cl)c1C(=O)c1ccccc1O. The number of ketones is 1. The van der Waals surface area contributed by atoms with Gasteiger partial charge < -0.3 is 9.84 Å². The van der Waals surface area contributed by atoms with Crippen molar-refractivity contribution in [1.82, 2.24) is 0 Å². The lowest BCUT2D eigenvalue weighted by Gasteiger charge is -2.10. The first-order valence-corrected chi connectivity index (χ1v) is 5.68. The van der Waals surface area contributed by atoms with Crippen molar-refractivity contribution >= 4 is 17.4 Å². The molecule has 0 aliphatic heterocycles. The highest BCUT2D eigenvalue weighted by Crippen LogP contribution is 2.30. The van der Waals surface area contributed by atoms with E-state index in [9.17, 15) is 9.90 Å². The number of ether oxygens (including phenoxy) is 1. The van der Waals surface area contributed by atoms with Crippen LogP contribution in [0.15, 0.2) is 42.5 Å². The van der Waals surface area contributed by atoms with Crippen LogP contribution in [0.2, 0.25) is 5.02 Å². The summed E-state index contributed by atoms with van der Waals surface area (Å²) in [5.74, 6) is -0.0595. The Labute approximate surface area is 110 Å². The monoisotopic (exact) mass is 262 g/mol. The summed E-state index contributed by atoms with van der Waals surface area (Å²) in [6.45, 7) is 0. The Balaban J connectivity index is 2.56. The van der Waals surface area contributed by atoms with Crippen LogP contribution in [0, 0.1) is 0 Å². The summed E-state index contributed by atoms with van der Waals surface area (Å²) in [4.78, 5) is 12.3. The van der Waals surface area contributed by atoms with Gasteiger partial charge in [0.25, 0.3) is 0 Å². The molecule has 4 heteroatoms. The summed E-state index contributed by atoms with van der Waals surface area (Å²) in [5, 5.41) is 9.99. The molecule has 0 fully saturated rings. The molecule has 92 valence electrons. The van der Waals surface area contributed by atoms with E-state index in [2.05, 4.69) is 0 Å². The molecule has 2 rings (SSSR count). The summed E-state index contributed by atoms with van der Waals surface area (Å²) >= 11 is 6.02. The van der Waals surface area contributed by atoms with Gasteiger partial charge in [0.2, 0.25) is 5.78 Å². The second-order valence-corrected chi connectivity index (χ2v) is 4.07. The molecule has 0 amide bonds. The Hall–Kier alpha value is -2.00. The number of phenolic OH excluding ortho intramolecular Hbond substituents is 1. The van der Waals surface area contributed by atoms with E-state index < -0.39 is 0 Å². The number of hydrogen-bond donors (Lipinski definition) is 1. The van der Waals surface area contributed by atoms with Crippen LogP contribution in [0.4, 0.5) is 0 Å². The van der Waals surface area contributed by atoms with Crippen LogP contribution in [-0.2, 0) is 0 Å². The summed E-state index contributed by atoms with van der Waals surface area (Å²) in [5.41, 5.74) is 0.451. The van der Waals surface area contributed by atoms with Crippen molar-refractivity contribution in [3.05, 3.63) is 58.6 Å². The molecule has 2 aromatic rings. The fraction of sp³-hybridized carbons (Fsp3) is 0.0714. The third-order valence-corrected chi connectivity index (χ3v) is 2.89. The molecule has 0 aliphatic carbocycles. The number of phenols is 1. The van der Waals surface area contributed by atoms with Gasteiger partial charge in [0, 0.05) is 0 Å². The minimum absolute atomic E-state index is 0.0792. The van der Waals surface area contributed by atoms with Crippen LogP contribution < -0.4 is 4.74 Å². The molecule has 0 saturated carbocycles. The molecule has 0 aliphatic rings. The summed E-state index contributed by atoms with van der Waals surface area (Å²) in [7, 11) is 1.47. The lowest BCUT2D eigenvalue weighted by atomic mass is 10.0. The average molecular weight is 263 g/mol. The predicted octanol–water partition coefficient (Wildman–Crippen LogP) is 3.29. The predicted molar refractivity (Wildman–Crippen MR) is 69.5 cm³/mol. The number of carbonyl (C=O) groups excluding carboxylic acids is 1. The zero-order valence-corrected chi connectivity index (χ0v) is 10.4. The van der Waals surface area contributed by atoms with Crippen molar-refractivity contribution in [3.63, 3.8) is 0 Å². The summed E-state index contributed by atoms with van der Waals surface area (Å²) in [6.07, 6.45) is 0. The highest BCUT2D eigenvalue weighted by molar-refractivity contribution is 6.35. The fourth-order valence-electron chi connectivity index (χ4n) is 1.70. The van der Waals surface area contributed by atoms with Crippen LogP contribution in [0.25, 0.3) is 0 Å². The van der Waals surface area contributed by atoms with Crippen molar-refractivity contribution in [2.24, 2.45) is 0 Å². The van der Waals surface area contributed by atoms with E-state index in [1.807, 2.05) is 0 Å². The zero-order valence-electron chi connectivity index (χ0n) is 9.68. The second kappa shape index (κ2) is 5.10. The largest absolute Gasteiger partial charge is 0.507 e. The Morgan fingerprint density at radius 1 is 1.17 bits per heavy atom. The number of para-hydroxylation sites is 1. The lowest BCUT2D eigenvalue weighted by molar-refractivity contribution is 0.103. The molecule has 0 atom stereocenters. The van der Waals surface area contributed by atoms with E-state index in [-0.39, 0.29) is 22.7 Å². The van der Waals surface area contributed by atoms with Gasteiger partial charge in [0.1, 0.15) is 11.5 Å². The van der Waals surface area contributed by atoms with E-state index in [0.717, 1.165) is 0 Å². The third kappa shape index (κ3) is 2.17. The number of aromatic hydroxyl groups is 1. The number of benzene rings is 2. The first kappa shape index (κ1) is 12.5. The van der Waals surface area contributed by atoms with Gasteiger partial charge in [-0.05, 0) is 24.3 Å².